The second-order valence-electron chi connectivity index (χ2n) is 18.5. The number of benzene rings is 2. The average molecular weight is 890 g/mol. The summed E-state index contributed by atoms with van der Waals surface area (Å²) < 4.78 is 48.8. The number of aromatic nitrogens is 1. The predicted octanol–water partition coefficient (Wildman–Crippen LogP) is 5.88. The molecule has 3 aromatic rings. The summed E-state index contributed by atoms with van der Waals surface area (Å²) in [6.45, 7) is 9.75. The highest BCUT2D eigenvalue weighted by Crippen LogP contribution is 2.47. The molecule has 1 N–H and O–H groups in total. The van der Waals surface area contributed by atoms with E-state index >= 15 is 4.21 Å². The molecule has 62 heavy (non-hydrogen) atoms. The summed E-state index contributed by atoms with van der Waals surface area (Å²) in [7, 11) is 1.59. The number of rotatable bonds is 6. The Bertz CT molecular complexity index is 2330. The first-order chi connectivity index (χ1) is 29.9. The summed E-state index contributed by atoms with van der Waals surface area (Å²) in [6, 6.07) is 13.8. The number of halogens is 1. The summed E-state index contributed by atoms with van der Waals surface area (Å²) in [5, 5.41) is 0.734. The maximum Gasteiger partial charge on any atom is 0.286 e. The zero-order valence-corrected chi connectivity index (χ0v) is 38.0. The Labute approximate surface area is 371 Å². The molecule has 8 atom stereocenters. The zero-order chi connectivity index (χ0) is 43.2. The van der Waals surface area contributed by atoms with Gasteiger partial charge in [-0.05, 0) is 97.4 Å². The smallest absolute Gasteiger partial charge is 0.286 e. The molecule has 1 aromatic heterocycles. The zero-order valence-electron chi connectivity index (χ0n) is 36.4. The van der Waals surface area contributed by atoms with E-state index in [9.17, 15) is 9.59 Å². The molecule has 2 bridgehead atoms. The van der Waals surface area contributed by atoms with Gasteiger partial charge in [-0.1, -0.05) is 36.7 Å². The number of hydrogen-bond acceptors (Lipinski definition) is 10. The molecule has 9 rings (SSSR count). The van der Waals surface area contributed by atoms with Crippen LogP contribution in [0.2, 0.25) is 5.02 Å². The first kappa shape index (κ1) is 43.5. The Morgan fingerprint density at radius 1 is 1.05 bits per heavy atom. The molecular formula is C47H61ClN6O7S. The maximum atomic E-state index is 15.1. The molecule has 2 amide bonds. The SMILES string of the molecule is CO[C@H]1/C=C\[C@H](OC)[C@H](C)CS(=O)(NC(=O)c2cc(CN3CCN4CCOC[C@@H]4C3)n(C)c2)=NC(=O)c2ccc3c(c2)N(C[C@@H]2CC[C@H]21)C[C@@]1(CCCc2cc(Cl)ccc21)CO3. The molecule has 1 spiro atoms. The van der Waals surface area contributed by atoms with E-state index in [0.29, 0.717) is 43.0 Å². The van der Waals surface area contributed by atoms with Crippen LogP contribution in [0.15, 0.2) is 65.2 Å². The van der Waals surface area contributed by atoms with Crippen LogP contribution in [-0.2, 0) is 49.6 Å². The van der Waals surface area contributed by atoms with E-state index in [2.05, 4.69) is 42.0 Å². The van der Waals surface area contributed by atoms with Gasteiger partial charge in [0.1, 0.15) is 15.7 Å². The number of nitrogens with zero attached hydrogens (tertiary/aromatic N) is 5. The van der Waals surface area contributed by atoms with Gasteiger partial charge >= 0.3 is 0 Å². The lowest BCUT2D eigenvalue weighted by Gasteiger charge is -2.46. The lowest BCUT2D eigenvalue weighted by atomic mass is 9.68. The average Bonchev–Trinajstić information content (AvgIpc) is 3.54. The van der Waals surface area contributed by atoms with E-state index in [4.69, 9.17) is 30.5 Å². The van der Waals surface area contributed by atoms with Gasteiger partial charge < -0.3 is 28.4 Å². The Morgan fingerprint density at radius 3 is 2.69 bits per heavy atom. The highest BCUT2D eigenvalue weighted by Gasteiger charge is 2.45. The normalized spacial score (nSPS) is 32.3. The van der Waals surface area contributed by atoms with Crippen molar-refractivity contribution >= 4 is 39.0 Å². The molecule has 334 valence electrons. The number of fused-ring (bicyclic) bond motifs is 5. The van der Waals surface area contributed by atoms with Crippen molar-refractivity contribution in [3.8, 4) is 5.75 Å². The van der Waals surface area contributed by atoms with Crippen LogP contribution >= 0.6 is 11.6 Å². The first-order valence-electron chi connectivity index (χ1n) is 22.3. The van der Waals surface area contributed by atoms with Crippen molar-refractivity contribution in [2.24, 2.45) is 29.2 Å². The van der Waals surface area contributed by atoms with Crippen LogP contribution in [0.5, 0.6) is 5.75 Å². The van der Waals surface area contributed by atoms with Crippen LogP contribution in [-0.4, -0.2) is 128 Å². The van der Waals surface area contributed by atoms with E-state index in [1.54, 1.807) is 26.5 Å². The van der Waals surface area contributed by atoms with Gasteiger partial charge in [0.2, 0.25) is 0 Å². The van der Waals surface area contributed by atoms with Gasteiger partial charge in [0.25, 0.3) is 11.8 Å². The van der Waals surface area contributed by atoms with Crippen molar-refractivity contribution in [3.63, 3.8) is 0 Å². The van der Waals surface area contributed by atoms with Gasteiger partial charge in [0, 0.05) is 101 Å². The molecule has 0 radical (unpaired) electrons. The molecule has 1 saturated carbocycles. The molecule has 13 nitrogen and oxygen atoms in total. The standard InChI is InChI=1S/C47H61ClN6O7S/c1-31-28-62(57,50-46(56)35-21-37(51(2)23-35)25-52-16-17-53-18-19-60-27-38(53)26-52)49-45(55)33-8-12-44-41(22-33)54(24-34-7-10-39(34)43(59-4)14-13-42(31)58-3)29-47(30-61-44)15-5-6-32-20-36(48)9-11-40(32)47/h8-9,11-14,20-23,31,34,38-39,42-43H,5-7,10,15-19,24-30H2,1-4H3,(H,49,50,55,56,57)/b14-13-/t31-,34+,38+,39-,42+,43+,47+,62?/m1/s1. The third-order valence-electron chi connectivity index (χ3n) is 14.5. The number of ether oxygens (including phenoxy) is 4. The van der Waals surface area contributed by atoms with Gasteiger partial charge in [-0.15, -0.1) is 4.36 Å². The van der Waals surface area contributed by atoms with Crippen LogP contribution in [0, 0.1) is 17.8 Å². The van der Waals surface area contributed by atoms with E-state index in [0.717, 1.165) is 94.4 Å². The molecule has 4 aliphatic heterocycles. The molecule has 6 aliphatic rings. The van der Waals surface area contributed by atoms with Crippen molar-refractivity contribution < 1.29 is 32.7 Å². The molecule has 15 heteroatoms. The summed E-state index contributed by atoms with van der Waals surface area (Å²) in [6.07, 6.45) is 10.2. The fourth-order valence-electron chi connectivity index (χ4n) is 10.9. The lowest BCUT2D eigenvalue weighted by Crippen LogP contribution is -2.57. The number of anilines is 1. The van der Waals surface area contributed by atoms with Crippen molar-refractivity contribution in [1.82, 2.24) is 19.1 Å². The number of methoxy groups -OCH3 is 2. The van der Waals surface area contributed by atoms with Gasteiger partial charge in [0.05, 0.1) is 49.0 Å². The minimum absolute atomic E-state index is 0.115. The molecule has 2 aliphatic carbocycles. The lowest BCUT2D eigenvalue weighted by molar-refractivity contribution is -0.0464. The van der Waals surface area contributed by atoms with Crippen LogP contribution in [0.3, 0.4) is 0 Å². The van der Waals surface area contributed by atoms with Gasteiger partial charge in [-0.25, -0.2) is 4.21 Å². The molecule has 1 unspecified atom stereocenters. The second kappa shape index (κ2) is 18.0. The topological polar surface area (TPSA) is 127 Å². The highest BCUT2D eigenvalue weighted by molar-refractivity contribution is 7.92. The van der Waals surface area contributed by atoms with Crippen molar-refractivity contribution in [3.05, 3.63) is 93.8 Å². The van der Waals surface area contributed by atoms with Gasteiger partial charge in [0.15, 0.2) is 0 Å². The fraction of sp³-hybridized carbons (Fsp3) is 0.574. The summed E-state index contributed by atoms with van der Waals surface area (Å²) in [4.78, 5) is 35.8. The first-order valence-corrected chi connectivity index (χ1v) is 24.3. The highest BCUT2D eigenvalue weighted by atomic mass is 35.5. The summed E-state index contributed by atoms with van der Waals surface area (Å²) in [5.74, 6) is -0.434. The van der Waals surface area contributed by atoms with Crippen molar-refractivity contribution in [2.45, 2.75) is 69.2 Å². The summed E-state index contributed by atoms with van der Waals surface area (Å²) in [5.41, 5.74) is 4.63. The van der Waals surface area contributed by atoms with Crippen molar-refractivity contribution in [1.29, 1.82) is 0 Å². The largest absolute Gasteiger partial charge is 0.490 e. The molecular weight excluding hydrogens is 828 g/mol. The molecule has 5 heterocycles. The molecule has 2 aromatic carbocycles. The predicted molar refractivity (Wildman–Crippen MR) is 240 cm³/mol. The van der Waals surface area contributed by atoms with Crippen LogP contribution < -0.4 is 14.4 Å². The quantitative estimate of drug-likeness (QED) is 0.300. The number of aryl methyl sites for hydroxylation is 2. The van der Waals surface area contributed by atoms with Crippen LogP contribution in [0.1, 0.15) is 70.1 Å². The van der Waals surface area contributed by atoms with Gasteiger partial charge in [-0.2, -0.15) is 0 Å². The van der Waals surface area contributed by atoms with Crippen LogP contribution in [0.25, 0.3) is 0 Å². The van der Waals surface area contributed by atoms with E-state index in [1.807, 2.05) is 48.9 Å². The Balaban J connectivity index is 1.05. The minimum atomic E-state index is -3.69. The molecule has 3 fully saturated rings. The minimum Gasteiger partial charge on any atom is -0.490 e. The Kier molecular flexibility index (Phi) is 12.6. The third-order valence-corrected chi connectivity index (χ3v) is 16.7. The fourth-order valence-corrected chi connectivity index (χ4v) is 13.0. The maximum absolute atomic E-state index is 15.1. The van der Waals surface area contributed by atoms with E-state index in [-0.39, 0.29) is 28.8 Å². The molecule has 2 saturated heterocycles. The Morgan fingerprint density at radius 2 is 1.89 bits per heavy atom. The monoisotopic (exact) mass is 888 g/mol. The number of nitrogens with one attached hydrogen (secondary N) is 1. The van der Waals surface area contributed by atoms with E-state index in [1.165, 1.54) is 11.1 Å². The number of hydrogen-bond donors (Lipinski definition) is 1. The second-order valence-corrected chi connectivity index (χ2v) is 21.0. The number of morpholine rings is 1. The Hall–Kier alpha value is -3.76. The van der Waals surface area contributed by atoms with Crippen LogP contribution in [0.4, 0.5) is 5.69 Å². The van der Waals surface area contributed by atoms with Crippen molar-refractivity contribution in [2.75, 3.05) is 84.0 Å². The van der Waals surface area contributed by atoms with E-state index < -0.39 is 33.8 Å². The number of amides is 2. The summed E-state index contributed by atoms with van der Waals surface area (Å²) >= 11 is 6.51. The third kappa shape index (κ3) is 8.85. The number of piperazine rings is 1. The number of carbonyl (C=O) groups is 2. The van der Waals surface area contributed by atoms with Gasteiger partial charge in [-0.3, -0.25) is 24.1 Å². The number of carbonyl (C=O) groups excluding carboxylic acids is 2.